The van der Waals surface area contributed by atoms with Gasteiger partial charge >= 0.3 is 0 Å². The second kappa shape index (κ2) is 8.31. The van der Waals surface area contributed by atoms with Crippen LogP contribution in [0.5, 0.6) is 0 Å². The van der Waals surface area contributed by atoms with Crippen LogP contribution in [0, 0.1) is 6.92 Å². The lowest BCUT2D eigenvalue weighted by Gasteiger charge is -1.88. The summed E-state index contributed by atoms with van der Waals surface area (Å²) >= 11 is 0. The standard InChI is InChI=1S/C9H10O.C7H8/c10-8-4-7-9-5-2-1-3-6-9;1-7-5-3-2-4-6-7/h1-7,10H,8H2;2-6H,1H3. The minimum atomic E-state index is 0.106. The molecule has 0 aliphatic rings. The van der Waals surface area contributed by atoms with E-state index in [0.717, 1.165) is 5.56 Å². The SMILES string of the molecule is Cc1ccccc1.OCC=Cc1ccccc1. The zero-order valence-electron chi connectivity index (χ0n) is 10.1. The van der Waals surface area contributed by atoms with Gasteiger partial charge in [0.15, 0.2) is 0 Å². The van der Waals surface area contributed by atoms with Crippen molar-refractivity contribution in [3.63, 3.8) is 0 Å². The third kappa shape index (κ3) is 6.33. The number of aliphatic hydroxyl groups is 1. The van der Waals surface area contributed by atoms with Gasteiger partial charge in [0.1, 0.15) is 0 Å². The Balaban J connectivity index is 0.000000181. The molecule has 0 atom stereocenters. The van der Waals surface area contributed by atoms with Crippen LogP contribution in [-0.2, 0) is 0 Å². The minimum Gasteiger partial charge on any atom is -0.392 e. The van der Waals surface area contributed by atoms with Crippen LogP contribution in [0.4, 0.5) is 0 Å². The molecule has 2 rings (SSSR count). The molecule has 0 aromatic heterocycles. The number of hydrogen-bond donors (Lipinski definition) is 1. The first-order valence-corrected chi connectivity index (χ1v) is 5.67. The molecule has 0 fully saturated rings. The van der Waals surface area contributed by atoms with Crippen molar-refractivity contribution in [2.75, 3.05) is 6.61 Å². The zero-order chi connectivity index (χ0) is 12.3. The number of hydrogen-bond acceptors (Lipinski definition) is 1. The van der Waals surface area contributed by atoms with E-state index in [2.05, 4.69) is 19.1 Å². The van der Waals surface area contributed by atoms with Gasteiger partial charge in [0.2, 0.25) is 0 Å². The Bertz CT molecular complexity index is 418. The maximum absolute atomic E-state index is 8.44. The molecule has 88 valence electrons. The van der Waals surface area contributed by atoms with Gasteiger partial charge in [-0.3, -0.25) is 0 Å². The first-order valence-electron chi connectivity index (χ1n) is 5.67. The van der Waals surface area contributed by atoms with Crippen LogP contribution in [0.2, 0.25) is 0 Å². The van der Waals surface area contributed by atoms with Crippen molar-refractivity contribution >= 4 is 6.08 Å². The molecular weight excluding hydrogens is 208 g/mol. The van der Waals surface area contributed by atoms with Crippen molar-refractivity contribution in [1.29, 1.82) is 0 Å². The maximum atomic E-state index is 8.44. The van der Waals surface area contributed by atoms with E-state index in [9.17, 15) is 0 Å². The van der Waals surface area contributed by atoms with E-state index in [0.29, 0.717) is 0 Å². The highest BCUT2D eigenvalue weighted by molar-refractivity contribution is 5.48. The van der Waals surface area contributed by atoms with E-state index < -0.39 is 0 Å². The van der Waals surface area contributed by atoms with Gasteiger partial charge in [0, 0.05) is 0 Å². The third-order valence-electron chi connectivity index (χ3n) is 2.16. The summed E-state index contributed by atoms with van der Waals surface area (Å²) < 4.78 is 0. The quantitative estimate of drug-likeness (QED) is 0.828. The summed E-state index contributed by atoms with van der Waals surface area (Å²) in [6.45, 7) is 2.19. The lowest BCUT2D eigenvalue weighted by atomic mass is 10.2. The summed E-state index contributed by atoms with van der Waals surface area (Å²) in [7, 11) is 0. The molecule has 1 N–H and O–H groups in total. The smallest absolute Gasteiger partial charge is 0.0615 e. The van der Waals surface area contributed by atoms with Gasteiger partial charge in [0.05, 0.1) is 6.61 Å². The Morgan fingerprint density at radius 2 is 1.41 bits per heavy atom. The van der Waals surface area contributed by atoms with Crippen LogP contribution >= 0.6 is 0 Å². The molecule has 0 aliphatic carbocycles. The van der Waals surface area contributed by atoms with Crippen LogP contribution in [-0.4, -0.2) is 11.7 Å². The molecule has 0 bridgehead atoms. The highest BCUT2D eigenvalue weighted by atomic mass is 16.2. The summed E-state index contributed by atoms with van der Waals surface area (Å²) in [6.07, 6.45) is 3.61. The van der Waals surface area contributed by atoms with Crippen molar-refractivity contribution < 1.29 is 5.11 Å². The van der Waals surface area contributed by atoms with Crippen LogP contribution in [0.1, 0.15) is 11.1 Å². The van der Waals surface area contributed by atoms with Crippen molar-refractivity contribution in [2.24, 2.45) is 0 Å². The molecule has 0 unspecified atom stereocenters. The van der Waals surface area contributed by atoms with Gasteiger partial charge in [-0.25, -0.2) is 0 Å². The van der Waals surface area contributed by atoms with Crippen molar-refractivity contribution in [3.8, 4) is 0 Å². The Labute approximate surface area is 103 Å². The average Bonchev–Trinajstić information content (AvgIpc) is 2.39. The lowest BCUT2D eigenvalue weighted by Crippen LogP contribution is -1.72. The predicted octanol–water partition coefficient (Wildman–Crippen LogP) is 3.69. The van der Waals surface area contributed by atoms with Gasteiger partial charge in [-0.2, -0.15) is 0 Å². The first-order chi connectivity index (χ1) is 8.33. The van der Waals surface area contributed by atoms with Gasteiger partial charge in [0.25, 0.3) is 0 Å². The monoisotopic (exact) mass is 226 g/mol. The number of benzene rings is 2. The van der Waals surface area contributed by atoms with E-state index in [-0.39, 0.29) is 6.61 Å². The summed E-state index contributed by atoms with van der Waals surface area (Å²) in [5, 5.41) is 8.44. The molecule has 0 radical (unpaired) electrons. The summed E-state index contributed by atoms with van der Waals surface area (Å²) in [6, 6.07) is 20.2. The zero-order valence-corrected chi connectivity index (χ0v) is 10.1. The van der Waals surface area contributed by atoms with Gasteiger partial charge in [-0.15, -0.1) is 0 Å². The largest absolute Gasteiger partial charge is 0.392 e. The van der Waals surface area contributed by atoms with Crippen LogP contribution in [0.3, 0.4) is 0 Å². The molecule has 0 saturated heterocycles. The van der Waals surface area contributed by atoms with E-state index in [1.54, 1.807) is 6.08 Å². The number of aryl methyl sites for hydroxylation is 1. The molecule has 2 aromatic rings. The van der Waals surface area contributed by atoms with Gasteiger partial charge < -0.3 is 5.11 Å². The third-order valence-corrected chi connectivity index (χ3v) is 2.16. The Morgan fingerprint density at radius 1 is 0.882 bits per heavy atom. The van der Waals surface area contributed by atoms with Crippen molar-refractivity contribution in [3.05, 3.63) is 77.9 Å². The highest BCUT2D eigenvalue weighted by Crippen LogP contribution is 1.99. The molecule has 1 heteroatoms. The van der Waals surface area contributed by atoms with E-state index in [1.807, 2.05) is 54.6 Å². The molecule has 0 saturated carbocycles. The molecule has 0 heterocycles. The van der Waals surface area contributed by atoms with E-state index in [4.69, 9.17) is 5.11 Å². The number of aliphatic hydroxyl groups excluding tert-OH is 1. The fraction of sp³-hybridized carbons (Fsp3) is 0.125. The molecule has 0 spiro atoms. The van der Waals surface area contributed by atoms with E-state index in [1.165, 1.54) is 5.56 Å². The van der Waals surface area contributed by atoms with Gasteiger partial charge in [-0.05, 0) is 12.5 Å². The molecule has 2 aromatic carbocycles. The summed E-state index contributed by atoms with van der Waals surface area (Å²) in [5.74, 6) is 0. The van der Waals surface area contributed by atoms with Crippen LogP contribution in [0.25, 0.3) is 6.08 Å². The predicted molar refractivity (Wildman–Crippen MR) is 73.7 cm³/mol. The minimum absolute atomic E-state index is 0.106. The molecule has 0 aliphatic heterocycles. The Hall–Kier alpha value is -1.86. The molecule has 0 amide bonds. The fourth-order valence-electron chi connectivity index (χ4n) is 1.29. The Kier molecular flexibility index (Phi) is 6.46. The summed E-state index contributed by atoms with van der Waals surface area (Å²) in [5.41, 5.74) is 2.44. The molecule has 17 heavy (non-hydrogen) atoms. The van der Waals surface area contributed by atoms with Gasteiger partial charge in [-0.1, -0.05) is 78.4 Å². The second-order valence-electron chi connectivity index (χ2n) is 3.65. The van der Waals surface area contributed by atoms with Crippen molar-refractivity contribution in [2.45, 2.75) is 6.92 Å². The summed E-state index contributed by atoms with van der Waals surface area (Å²) in [4.78, 5) is 0. The maximum Gasteiger partial charge on any atom is 0.0615 e. The first kappa shape index (κ1) is 13.2. The highest BCUT2D eigenvalue weighted by Gasteiger charge is 1.79. The lowest BCUT2D eigenvalue weighted by molar-refractivity contribution is 0.343. The normalized spacial score (nSPS) is 9.76. The molecule has 1 nitrogen and oxygen atoms in total. The fourth-order valence-corrected chi connectivity index (χ4v) is 1.29. The molecular formula is C16H18O. The van der Waals surface area contributed by atoms with Crippen LogP contribution < -0.4 is 0 Å². The van der Waals surface area contributed by atoms with Crippen LogP contribution in [0.15, 0.2) is 66.7 Å². The van der Waals surface area contributed by atoms with Crippen molar-refractivity contribution in [1.82, 2.24) is 0 Å². The average molecular weight is 226 g/mol. The Morgan fingerprint density at radius 3 is 1.82 bits per heavy atom. The second-order valence-corrected chi connectivity index (χ2v) is 3.65. The number of rotatable bonds is 2. The van der Waals surface area contributed by atoms with E-state index >= 15 is 0 Å². The topological polar surface area (TPSA) is 20.2 Å².